The van der Waals surface area contributed by atoms with Gasteiger partial charge in [-0.15, -0.1) is 0 Å². The van der Waals surface area contributed by atoms with Crippen molar-refractivity contribution in [1.29, 1.82) is 0 Å². The largest absolute Gasteiger partial charge is 0.507 e. The smallest absolute Gasteiger partial charge is 0.425 e. The highest BCUT2D eigenvalue weighted by Gasteiger charge is 2.39. The van der Waals surface area contributed by atoms with Gasteiger partial charge in [0.05, 0.1) is 0 Å². The summed E-state index contributed by atoms with van der Waals surface area (Å²) in [7, 11) is 0. The molecule has 0 aliphatic heterocycles. The first-order valence-electron chi connectivity index (χ1n) is 4.93. The molecule has 4 nitrogen and oxygen atoms in total. The van der Waals surface area contributed by atoms with E-state index in [0.29, 0.717) is 5.56 Å². The number of carboxylic acids is 1. The van der Waals surface area contributed by atoms with E-state index in [0.717, 1.165) is 19.1 Å². The van der Waals surface area contributed by atoms with E-state index in [9.17, 15) is 23.1 Å². The van der Waals surface area contributed by atoms with Crippen LogP contribution in [0.4, 0.5) is 13.2 Å². The van der Waals surface area contributed by atoms with Crippen LogP contribution in [0.5, 0.6) is 11.5 Å². The van der Waals surface area contributed by atoms with Crippen LogP contribution in [-0.2, 0) is 0 Å². The van der Waals surface area contributed by atoms with Crippen molar-refractivity contribution >= 4 is 5.97 Å². The molecule has 1 rings (SSSR count). The number of hydrogen-bond donors (Lipinski definition) is 2. The molecule has 1 aromatic rings. The number of aryl methyl sites for hydroxylation is 1. The van der Waals surface area contributed by atoms with Gasteiger partial charge in [0.2, 0.25) is 0 Å². The van der Waals surface area contributed by atoms with E-state index in [1.807, 2.05) is 0 Å². The van der Waals surface area contributed by atoms with Crippen molar-refractivity contribution in [2.45, 2.75) is 26.1 Å². The fourth-order valence-electron chi connectivity index (χ4n) is 1.30. The number of carbonyl (C=O) groups is 1. The number of aromatic hydroxyl groups is 1. The summed E-state index contributed by atoms with van der Waals surface area (Å²) in [4.78, 5) is 10.9. The summed E-state index contributed by atoms with van der Waals surface area (Å²) in [6.07, 6.45) is -6.79. The second kappa shape index (κ2) is 4.75. The molecule has 0 saturated carbocycles. The Kier molecular flexibility index (Phi) is 3.73. The van der Waals surface area contributed by atoms with Crippen LogP contribution in [0.1, 0.15) is 22.8 Å². The van der Waals surface area contributed by atoms with Crippen LogP contribution in [0.3, 0.4) is 0 Å². The van der Waals surface area contributed by atoms with Crippen molar-refractivity contribution in [3.8, 4) is 11.5 Å². The second-order valence-corrected chi connectivity index (χ2v) is 3.76. The first-order valence-corrected chi connectivity index (χ1v) is 4.93. The predicted octanol–water partition coefficient (Wildman–Crippen LogP) is 2.73. The first-order chi connectivity index (χ1) is 8.12. The maximum absolute atomic E-state index is 12.3. The summed E-state index contributed by atoms with van der Waals surface area (Å²) in [5, 5.41) is 18.2. The molecule has 7 heteroatoms. The lowest BCUT2D eigenvalue weighted by atomic mass is 10.1. The third-order valence-corrected chi connectivity index (χ3v) is 2.20. The molecule has 0 saturated heterocycles. The van der Waals surface area contributed by atoms with Crippen molar-refractivity contribution < 1.29 is 32.9 Å². The molecule has 0 spiro atoms. The quantitative estimate of drug-likeness (QED) is 0.880. The maximum atomic E-state index is 12.3. The fraction of sp³-hybridized carbons (Fsp3) is 0.364. The van der Waals surface area contributed by atoms with E-state index in [1.165, 1.54) is 6.92 Å². The molecule has 0 heterocycles. The molecule has 0 unspecified atom stereocenters. The van der Waals surface area contributed by atoms with Gasteiger partial charge in [-0.25, -0.2) is 4.79 Å². The van der Waals surface area contributed by atoms with Crippen LogP contribution < -0.4 is 4.74 Å². The van der Waals surface area contributed by atoms with Gasteiger partial charge < -0.3 is 14.9 Å². The Balaban J connectivity index is 3.19. The van der Waals surface area contributed by atoms with Gasteiger partial charge >= 0.3 is 12.1 Å². The molecule has 0 aliphatic carbocycles. The molecular weight excluding hydrogens is 253 g/mol. The molecule has 0 amide bonds. The highest BCUT2D eigenvalue weighted by molar-refractivity contribution is 5.94. The molecule has 0 radical (unpaired) electrons. The molecule has 100 valence electrons. The van der Waals surface area contributed by atoms with Crippen LogP contribution in [0, 0.1) is 6.92 Å². The lowest BCUT2D eigenvalue weighted by molar-refractivity contribution is -0.189. The van der Waals surface area contributed by atoms with Gasteiger partial charge in [-0.3, -0.25) is 0 Å². The molecule has 0 bridgehead atoms. The van der Waals surface area contributed by atoms with Crippen molar-refractivity contribution in [3.63, 3.8) is 0 Å². The number of phenols is 1. The number of aromatic carboxylic acids is 1. The van der Waals surface area contributed by atoms with Gasteiger partial charge in [-0.05, 0) is 31.5 Å². The lowest BCUT2D eigenvalue weighted by Crippen LogP contribution is -2.31. The summed E-state index contributed by atoms with van der Waals surface area (Å²) in [6, 6.07) is 2.26. The van der Waals surface area contributed by atoms with Crippen molar-refractivity contribution in [2.24, 2.45) is 0 Å². The Morgan fingerprint density at radius 1 is 1.39 bits per heavy atom. The zero-order chi connectivity index (χ0) is 14.1. The molecule has 0 aromatic heterocycles. The summed E-state index contributed by atoms with van der Waals surface area (Å²) in [5.41, 5.74) is -0.293. The monoisotopic (exact) mass is 264 g/mol. The molecule has 1 aromatic carbocycles. The van der Waals surface area contributed by atoms with E-state index in [-0.39, 0.29) is 0 Å². The number of hydrogen-bond acceptors (Lipinski definition) is 3. The minimum Gasteiger partial charge on any atom is -0.507 e. The van der Waals surface area contributed by atoms with Gasteiger partial charge in [0.1, 0.15) is 17.1 Å². The average Bonchev–Trinajstić information content (AvgIpc) is 2.13. The van der Waals surface area contributed by atoms with Gasteiger partial charge in [0.15, 0.2) is 6.10 Å². The molecular formula is C11H11F3O4. The van der Waals surface area contributed by atoms with Gasteiger partial charge in [-0.1, -0.05) is 0 Å². The van der Waals surface area contributed by atoms with Crippen LogP contribution in [0.15, 0.2) is 12.1 Å². The Morgan fingerprint density at radius 3 is 2.39 bits per heavy atom. The third-order valence-electron chi connectivity index (χ3n) is 2.20. The predicted molar refractivity (Wildman–Crippen MR) is 55.9 cm³/mol. The number of benzene rings is 1. The Hall–Kier alpha value is -1.92. The van der Waals surface area contributed by atoms with E-state index in [2.05, 4.69) is 4.74 Å². The minimum atomic E-state index is -4.62. The maximum Gasteiger partial charge on any atom is 0.425 e. The zero-order valence-corrected chi connectivity index (χ0v) is 9.58. The third kappa shape index (κ3) is 3.06. The van der Waals surface area contributed by atoms with Crippen LogP contribution in [0.2, 0.25) is 0 Å². The number of alkyl halides is 3. The van der Waals surface area contributed by atoms with E-state index in [1.54, 1.807) is 0 Å². The molecule has 0 aliphatic rings. The topological polar surface area (TPSA) is 66.8 Å². The van der Waals surface area contributed by atoms with Crippen molar-refractivity contribution in [2.75, 3.05) is 0 Å². The number of carboxylic acid groups (broad SMARTS) is 1. The van der Waals surface area contributed by atoms with Crippen LogP contribution in [-0.4, -0.2) is 28.5 Å². The average molecular weight is 264 g/mol. The summed E-state index contributed by atoms with van der Waals surface area (Å²) < 4.78 is 41.6. The summed E-state index contributed by atoms with van der Waals surface area (Å²) in [5.74, 6) is -2.70. The van der Waals surface area contributed by atoms with Gasteiger partial charge in [0.25, 0.3) is 0 Å². The lowest BCUT2D eigenvalue weighted by Gasteiger charge is -2.19. The molecule has 18 heavy (non-hydrogen) atoms. The van der Waals surface area contributed by atoms with Crippen molar-refractivity contribution in [1.82, 2.24) is 0 Å². The second-order valence-electron chi connectivity index (χ2n) is 3.76. The van der Waals surface area contributed by atoms with Gasteiger partial charge in [0, 0.05) is 0 Å². The molecule has 0 fully saturated rings. The Morgan fingerprint density at radius 2 is 1.94 bits per heavy atom. The van der Waals surface area contributed by atoms with Crippen LogP contribution >= 0.6 is 0 Å². The summed E-state index contributed by atoms with van der Waals surface area (Å²) in [6.45, 7) is 2.25. The molecule has 2 N–H and O–H groups in total. The standard InChI is InChI=1S/C11H11F3O4/c1-5-3-7(15)9(10(16)17)8(4-5)18-6(2)11(12,13)14/h3-4,6,15H,1-2H3,(H,16,17)/t6-/m0/s1. The van der Waals surface area contributed by atoms with Gasteiger partial charge in [-0.2, -0.15) is 13.2 Å². The van der Waals surface area contributed by atoms with Crippen LogP contribution in [0.25, 0.3) is 0 Å². The van der Waals surface area contributed by atoms with E-state index < -0.39 is 35.3 Å². The highest BCUT2D eigenvalue weighted by Crippen LogP contribution is 2.33. The van der Waals surface area contributed by atoms with E-state index >= 15 is 0 Å². The number of ether oxygens (including phenoxy) is 1. The fourth-order valence-corrected chi connectivity index (χ4v) is 1.30. The zero-order valence-electron chi connectivity index (χ0n) is 9.58. The summed E-state index contributed by atoms with van der Waals surface area (Å²) >= 11 is 0. The highest BCUT2D eigenvalue weighted by atomic mass is 19.4. The normalized spacial score (nSPS) is 13.2. The molecule has 1 atom stereocenters. The number of halogens is 3. The van der Waals surface area contributed by atoms with E-state index in [4.69, 9.17) is 5.11 Å². The first kappa shape index (κ1) is 14.1. The van der Waals surface area contributed by atoms with Crippen molar-refractivity contribution in [3.05, 3.63) is 23.3 Å². The Bertz CT molecular complexity index is 468. The minimum absolute atomic E-state index is 0.391. The number of rotatable bonds is 3. The Labute approximate surface area is 101 Å². The SMILES string of the molecule is Cc1cc(O)c(C(=O)O)c(O[C@@H](C)C(F)(F)F)c1.